The van der Waals surface area contributed by atoms with E-state index >= 15 is 0 Å². The zero-order chi connectivity index (χ0) is 23.7. The van der Waals surface area contributed by atoms with E-state index in [1.165, 1.54) is 17.6 Å². The van der Waals surface area contributed by atoms with E-state index in [0.29, 0.717) is 11.9 Å². The van der Waals surface area contributed by atoms with Crippen LogP contribution in [0.4, 0.5) is 10.1 Å². The third-order valence-electron chi connectivity index (χ3n) is 7.27. The Kier molecular flexibility index (Phi) is 6.55. The van der Waals surface area contributed by atoms with E-state index in [4.69, 9.17) is 4.98 Å². The highest BCUT2D eigenvalue weighted by Gasteiger charge is 2.31. The van der Waals surface area contributed by atoms with Crippen LogP contribution in [-0.2, 0) is 11.3 Å². The van der Waals surface area contributed by atoms with E-state index < -0.39 is 0 Å². The molecule has 3 heterocycles. The second-order valence-corrected chi connectivity index (χ2v) is 9.82. The molecule has 1 amide bonds. The number of hydrogen-bond acceptors (Lipinski definition) is 4. The number of imidazole rings is 1. The summed E-state index contributed by atoms with van der Waals surface area (Å²) < 4.78 is 15.5. The molecule has 2 saturated heterocycles. The molecule has 1 aromatic heterocycles. The molecule has 0 atom stereocenters. The summed E-state index contributed by atoms with van der Waals surface area (Å²) in [7, 11) is 0. The molecule has 2 aromatic carbocycles. The van der Waals surface area contributed by atoms with Crippen LogP contribution in [0.1, 0.15) is 38.6 Å². The number of piperidine rings is 1. The molecule has 2 fully saturated rings. The predicted molar refractivity (Wildman–Crippen MR) is 133 cm³/mol. The fourth-order valence-corrected chi connectivity index (χ4v) is 5.42. The Morgan fingerprint density at radius 3 is 2.32 bits per heavy atom. The molecule has 3 aromatic rings. The lowest BCUT2D eigenvalue weighted by atomic mass is 9.95. The van der Waals surface area contributed by atoms with Crippen LogP contribution in [-0.4, -0.2) is 64.5 Å². The first kappa shape index (κ1) is 22.8. The van der Waals surface area contributed by atoms with Gasteiger partial charge in [-0.25, -0.2) is 9.37 Å². The second kappa shape index (κ2) is 9.74. The van der Waals surface area contributed by atoms with Crippen molar-refractivity contribution in [3.63, 3.8) is 0 Å². The Bertz CT molecular complexity index is 1130. The van der Waals surface area contributed by atoms with Gasteiger partial charge in [-0.3, -0.25) is 9.69 Å². The fourth-order valence-electron chi connectivity index (χ4n) is 5.42. The van der Waals surface area contributed by atoms with Crippen molar-refractivity contribution in [2.45, 2.75) is 39.3 Å². The van der Waals surface area contributed by atoms with Crippen molar-refractivity contribution in [1.82, 2.24) is 19.4 Å². The van der Waals surface area contributed by atoms with Crippen molar-refractivity contribution < 1.29 is 9.18 Å². The third-order valence-corrected chi connectivity index (χ3v) is 7.27. The summed E-state index contributed by atoms with van der Waals surface area (Å²) in [5.41, 5.74) is 3.27. The number of nitrogens with zero attached hydrogens (tertiary/aromatic N) is 5. The number of piperazine rings is 1. The highest BCUT2D eigenvalue weighted by molar-refractivity contribution is 5.79. The third kappa shape index (κ3) is 4.67. The number of aromatic nitrogens is 2. The number of hydrogen-bond donors (Lipinski definition) is 0. The quantitative estimate of drug-likeness (QED) is 0.565. The number of rotatable bonds is 5. The van der Waals surface area contributed by atoms with Gasteiger partial charge >= 0.3 is 0 Å². The lowest BCUT2D eigenvalue weighted by molar-refractivity contribution is -0.137. The van der Waals surface area contributed by atoms with E-state index in [0.717, 1.165) is 75.7 Å². The van der Waals surface area contributed by atoms with Crippen molar-refractivity contribution >= 4 is 22.6 Å². The van der Waals surface area contributed by atoms with Gasteiger partial charge in [0.25, 0.3) is 0 Å². The largest absolute Gasteiger partial charge is 0.368 e. The highest BCUT2D eigenvalue weighted by atomic mass is 19.1. The number of carbonyl (C=O) groups excluding carboxylic acids is 1. The van der Waals surface area contributed by atoms with Crippen LogP contribution >= 0.6 is 0 Å². The first-order chi connectivity index (χ1) is 16.5. The lowest BCUT2D eigenvalue weighted by Crippen LogP contribution is -2.51. The molecule has 34 heavy (non-hydrogen) atoms. The number of likely N-dealkylation sites (tertiary alicyclic amines) is 1. The molecule has 6 nitrogen and oxygen atoms in total. The molecule has 0 N–H and O–H groups in total. The van der Waals surface area contributed by atoms with Crippen molar-refractivity contribution in [3.05, 3.63) is 60.2 Å². The lowest BCUT2D eigenvalue weighted by Gasteiger charge is -2.39. The Balaban J connectivity index is 1.15. The molecule has 0 saturated carbocycles. The average Bonchev–Trinajstić information content (AvgIpc) is 3.23. The van der Waals surface area contributed by atoms with Crippen LogP contribution < -0.4 is 4.90 Å². The Morgan fingerprint density at radius 2 is 1.65 bits per heavy atom. The van der Waals surface area contributed by atoms with E-state index in [2.05, 4.69) is 46.4 Å². The van der Waals surface area contributed by atoms with Gasteiger partial charge in [0.2, 0.25) is 5.91 Å². The van der Waals surface area contributed by atoms with Crippen molar-refractivity contribution in [3.8, 4) is 0 Å². The van der Waals surface area contributed by atoms with Gasteiger partial charge in [0.05, 0.1) is 17.6 Å². The molecule has 7 heteroatoms. The molecule has 0 spiro atoms. The average molecular weight is 464 g/mol. The molecule has 0 unspecified atom stereocenters. The van der Waals surface area contributed by atoms with Crippen molar-refractivity contribution in [1.29, 1.82) is 0 Å². The van der Waals surface area contributed by atoms with Gasteiger partial charge in [-0.05, 0) is 76.2 Å². The molecule has 0 bridgehead atoms. The zero-order valence-corrected chi connectivity index (χ0v) is 20.2. The van der Waals surface area contributed by atoms with Crippen LogP contribution in [0, 0.1) is 11.7 Å². The molecule has 0 radical (unpaired) electrons. The zero-order valence-electron chi connectivity index (χ0n) is 20.2. The number of para-hydroxylation sites is 2. The maximum Gasteiger partial charge on any atom is 0.225 e. The van der Waals surface area contributed by atoms with Crippen LogP contribution in [0.25, 0.3) is 11.0 Å². The minimum atomic E-state index is -0.217. The Labute approximate surface area is 201 Å². The maximum atomic E-state index is 13.2. The predicted octanol–water partition coefficient (Wildman–Crippen LogP) is 4.32. The number of benzene rings is 2. The van der Waals surface area contributed by atoms with Gasteiger partial charge in [0.1, 0.15) is 11.6 Å². The van der Waals surface area contributed by atoms with Gasteiger partial charge in [0, 0.05) is 43.8 Å². The molecular formula is C27H34FN5O. The Hall–Kier alpha value is -2.93. The van der Waals surface area contributed by atoms with E-state index in [1.807, 2.05) is 23.1 Å². The van der Waals surface area contributed by atoms with E-state index in [1.54, 1.807) is 0 Å². The van der Waals surface area contributed by atoms with E-state index in [9.17, 15) is 9.18 Å². The topological polar surface area (TPSA) is 44.6 Å². The van der Waals surface area contributed by atoms with Gasteiger partial charge < -0.3 is 14.4 Å². The van der Waals surface area contributed by atoms with Crippen LogP contribution in [0.5, 0.6) is 0 Å². The minimum absolute atomic E-state index is 0.109. The number of fused-ring (bicyclic) bond motifs is 1. The summed E-state index contributed by atoms with van der Waals surface area (Å²) in [6, 6.07) is 15.3. The molecular weight excluding hydrogens is 429 g/mol. The summed E-state index contributed by atoms with van der Waals surface area (Å²) in [6.45, 7) is 10.1. The summed E-state index contributed by atoms with van der Waals surface area (Å²) in [5.74, 6) is 1.30. The monoisotopic (exact) mass is 463 g/mol. The normalized spacial score (nSPS) is 18.2. The fraction of sp³-hybridized carbons (Fsp3) is 0.481. The second-order valence-electron chi connectivity index (χ2n) is 9.82. The SMILES string of the molecule is CC(C)n1c(CN2CCC(C(=O)N3CCN(c4ccc(F)cc4)CC3)CC2)nc2ccccc21. The first-order valence-corrected chi connectivity index (χ1v) is 12.5. The van der Waals surface area contributed by atoms with Crippen LogP contribution in [0.15, 0.2) is 48.5 Å². The molecule has 2 aliphatic heterocycles. The number of carbonyl (C=O) groups is 1. The summed E-state index contributed by atoms with van der Waals surface area (Å²) in [4.78, 5) is 24.8. The molecule has 5 rings (SSSR count). The number of halogens is 1. The Morgan fingerprint density at radius 1 is 0.971 bits per heavy atom. The summed E-state index contributed by atoms with van der Waals surface area (Å²) in [5, 5.41) is 0. The minimum Gasteiger partial charge on any atom is -0.368 e. The van der Waals surface area contributed by atoms with Crippen LogP contribution in [0.3, 0.4) is 0 Å². The number of amides is 1. The molecule has 180 valence electrons. The summed E-state index contributed by atoms with van der Waals surface area (Å²) >= 11 is 0. The molecule has 2 aliphatic rings. The van der Waals surface area contributed by atoms with Crippen LogP contribution in [0.2, 0.25) is 0 Å². The van der Waals surface area contributed by atoms with Crippen molar-refractivity contribution in [2.24, 2.45) is 5.92 Å². The number of anilines is 1. The highest BCUT2D eigenvalue weighted by Crippen LogP contribution is 2.26. The standard InChI is InChI=1S/C27H34FN5O/c1-20(2)33-25-6-4-3-5-24(25)29-26(33)19-30-13-11-21(12-14-30)27(34)32-17-15-31(16-18-32)23-9-7-22(28)8-10-23/h3-10,20-21H,11-19H2,1-2H3. The smallest absolute Gasteiger partial charge is 0.225 e. The van der Waals surface area contributed by atoms with Crippen molar-refractivity contribution in [2.75, 3.05) is 44.2 Å². The molecule has 0 aliphatic carbocycles. The van der Waals surface area contributed by atoms with Gasteiger partial charge in [0.15, 0.2) is 0 Å². The summed E-state index contributed by atoms with van der Waals surface area (Å²) in [6.07, 6.45) is 1.80. The first-order valence-electron chi connectivity index (χ1n) is 12.5. The van der Waals surface area contributed by atoms with Gasteiger partial charge in [-0.15, -0.1) is 0 Å². The maximum absolute atomic E-state index is 13.2. The van der Waals surface area contributed by atoms with E-state index in [-0.39, 0.29) is 11.7 Å². The van der Waals surface area contributed by atoms with Gasteiger partial charge in [-0.1, -0.05) is 12.1 Å². The van der Waals surface area contributed by atoms with Gasteiger partial charge in [-0.2, -0.15) is 0 Å².